The van der Waals surface area contributed by atoms with Crippen LogP contribution < -0.4 is 9.47 Å². The summed E-state index contributed by atoms with van der Waals surface area (Å²) in [7, 11) is 0. The minimum Gasteiger partial charge on any atom is -0.490 e. The van der Waals surface area contributed by atoms with E-state index in [9.17, 15) is 4.79 Å². The van der Waals surface area contributed by atoms with E-state index in [1.165, 1.54) is 11.8 Å². The summed E-state index contributed by atoms with van der Waals surface area (Å²) >= 11 is 7.69. The minimum absolute atomic E-state index is 0.0635. The van der Waals surface area contributed by atoms with E-state index in [1.807, 2.05) is 20.8 Å². The van der Waals surface area contributed by atoms with Crippen molar-refractivity contribution in [2.45, 2.75) is 20.8 Å². The second-order valence-corrected chi connectivity index (χ2v) is 6.59. The Kier molecular flexibility index (Phi) is 7.43. The molecule has 138 valence electrons. The van der Waals surface area contributed by atoms with Gasteiger partial charge in [0.15, 0.2) is 16.7 Å². The lowest BCUT2D eigenvalue weighted by molar-refractivity contribution is -0.122. The fourth-order valence-electron chi connectivity index (χ4n) is 2.38. The normalized spacial score (nSPS) is 17.0. The average Bonchev–Trinajstić information content (AvgIpc) is 2.89. The first-order valence-electron chi connectivity index (χ1n) is 8.34. The van der Waals surface area contributed by atoms with E-state index < -0.39 is 0 Å². The lowest BCUT2D eigenvalue weighted by Gasteiger charge is -2.13. The molecule has 1 aliphatic heterocycles. The van der Waals surface area contributed by atoms with Gasteiger partial charge in [-0.2, -0.15) is 0 Å². The summed E-state index contributed by atoms with van der Waals surface area (Å²) in [5, 5.41) is 1.10. The Morgan fingerprint density at radius 1 is 1.35 bits per heavy atom. The number of hydrogen-bond donors (Lipinski definition) is 0. The van der Waals surface area contributed by atoms with Crippen LogP contribution in [-0.2, 0) is 4.79 Å². The second-order valence-electron chi connectivity index (χ2n) is 5.17. The number of terminal acetylenes is 1. The molecule has 1 fully saturated rings. The third-order valence-corrected chi connectivity index (χ3v) is 4.75. The molecule has 0 unspecified atom stereocenters. The van der Waals surface area contributed by atoms with Crippen LogP contribution >= 0.6 is 23.4 Å². The van der Waals surface area contributed by atoms with Crippen molar-refractivity contribution < 1.29 is 14.3 Å². The van der Waals surface area contributed by atoms with Gasteiger partial charge in [-0.05, 0) is 56.3 Å². The molecule has 0 radical (unpaired) electrons. The van der Waals surface area contributed by atoms with Crippen molar-refractivity contribution in [1.82, 2.24) is 4.90 Å². The van der Waals surface area contributed by atoms with Crippen molar-refractivity contribution in [2.24, 2.45) is 4.99 Å². The summed E-state index contributed by atoms with van der Waals surface area (Å²) in [6, 6.07) is 3.51. The summed E-state index contributed by atoms with van der Waals surface area (Å²) < 4.78 is 11.1. The number of carbonyl (C=O) groups excluding carboxylic acids is 1. The Morgan fingerprint density at radius 3 is 2.73 bits per heavy atom. The molecule has 0 bridgehead atoms. The molecule has 0 spiro atoms. The smallest absolute Gasteiger partial charge is 0.266 e. The molecule has 26 heavy (non-hydrogen) atoms. The summed E-state index contributed by atoms with van der Waals surface area (Å²) in [5.74, 6) is 3.24. The Hall–Kier alpha value is -2.10. The van der Waals surface area contributed by atoms with Crippen molar-refractivity contribution in [3.05, 3.63) is 27.6 Å². The average molecular weight is 393 g/mol. The summed E-state index contributed by atoms with van der Waals surface area (Å²) in [6.45, 7) is 7.48. The van der Waals surface area contributed by atoms with Crippen molar-refractivity contribution in [3.63, 3.8) is 0 Å². The molecular formula is C19H21ClN2O3S. The monoisotopic (exact) mass is 392 g/mol. The van der Waals surface area contributed by atoms with Crippen LogP contribution in [0.3, 0.4) is 0 Å². The number of amides is 1. The second kappa shape index (κ2) is 9.56. The van der Waals surface area contributed by atoms with Gasteiger partial charge in [0.05, 0.1) is 16.5 Å². The number of nitrogens with zero attached hydrogens (tertiary/aromatic N) is 2. The molecule has 1 saturated heterocycles. The number of carbonyl (C=O) groups is 1. The quantitative estimate of drug-likeness (QED) is 0.518. The fraction of sp³-hybridized carbons (Fsp3) is 0.368. The van der Waals surface area contributed by atoms with Crippen molar-refractivity contribution in [2.75, 3.05) is 26.3 Å². The van der Waals surface area contributed by atoms with Gasteiger partial charge in [-0.1, -0.05) is 17.5 Å². The molecule has 0 aliphatic carbocycles. The molecule has 0 saturated carbocycles. The first-order valence-corrected chi connectivity index (χ1v) is 9.53. The predicted molar refractivity (Wildman–Crippen MR) is 108 cm³/mol. The van der Waals surface area contributed by atoms with E-state index in [2.05, 4.69) is 10.9 Å². The first-order chi connectivity index (χ1) is 12.5. The lowest BCUT2D eigenvalue weighted by atomic mass is 10.1. The van der Waals surface area contributed by atoms with Crippen LogP contribution in [0.15, 0.2) is 22.0 Å². The van der Waals surface area contributed by atoms with E-state index in [-0.39, 0.29) is 12.5 Å². The van der Waals surface area contributed by atoms with Gasteiger partial charge in [0.25, 0.3) is 5.91 Å². The molecule has 1 amide bonds. The molecule has 0 N–H and O–H groups in total. The van der Waals surface area contributed by atoms with E-state index >= 15 is 0 Å². The van der Waals surface area contributed by atoms with Crippen molar-refractivity contribution in [1.29, 1.82) is 0 Å². The number of benzene rings is 1. The first kappa shape index (κ1) is 20.2. The van der Waals surface area contributed by atoms with Crippen LogP contribution in [-0.4, -0.2) is 42.3 Å². The minimum atomic E-state index is -0.0635. The maximum absolute atomic E-state index is 12.6. The summed E-state index contributed by atoms with van der Waals surface area (Å²) in [6.07, 6.45) is 7.03. The summed E-state index contributed by atoms with van der Waals surface area (Å²) in [5.41, 5.74) is 0.746. The van der Waals surface area contributed by atoms with Crippen molar-refractivity contribution >= 4 is 40.5 Å². The fourth-order valence-corrected chi connectivity index (χ4v) is 3.76. The largest absolute Gasteiger partial charge is 0.490 e. The maximum atomic E-state index is 12.6. The van der Waals surface area contributed by atoms with Gasteiger partial charge in [0.1, 0.15) is 6.61 Å². The highest BCUT2D eigenvalue weighted by Gasteiger charge is 2.31. The van der Waals surface area contributed by atoms with Gasteiger partial charge >= 0.3 is 0 Å². The zero-order valence-electron chi connectivity index (χ0n) is 15.0. The Balaban J connectivity index is 2.40. The lowest BCUT2D eigenvalue weighted by Crippen LogP contribution is -2.28. The van der Waals surface area contributed by atoms with Crippen LogP contribution in [0.4, 0.5) is 0 Å². The van der Waals surface area contributed by atoms with Crippen molar-refractivity contribution in [3.8, 4) is 23.8 Å². The third-order valence-electron chi connectivity index (χ3n) is 3.43. The number of amidine groups is 1. The number of hydrogen-bond acceptors (Lipinski definition) is 5. The number of rotatable bonds is 7. The number of ether oxygens (including phenoxy) is 2. The van der Waals surface area contributed by atoms with Crippen LogP contribution in [0.2, 0.25) is 5.02 Å². The molecule has 1 heterocycles. The van der Waals surface area contributed by atoms with E-state index in [1.54, 1.807) is 23.1 Å². The van der Waals surface area contributed by atoms with Crippen LogP contribution in [0, 0.1) is 12.3 Å². The van der Waals surface area contributed by atoms with Gasteiger partial charge in [0, 0.05) is 13.1 Å². The Labute approximate surface area is 163 Å². The van der Waals surface area contributed by atoms with E-state index in [0.29, 0.717) is 41.1 Å². The molecule has 7 heteroatoms. The number of thioether (sulfide) groups is 1. The van der Waals surface area contributed by atoms with E-state index in [4.69, 9.17) is 27.5 Å². The maximum Gasteiger partial charge on any atom is 0.266 e. The molecule has 0 aromatic heterocycles. The van der Waals surface area contributed by atoms with Gasteiger partial charge in [-0.25, -0.2) is 0 Å². The highest BCUT2D eigenvalue weighted by molar-refractivity contribution is 8.18. The van der Waals surface area contributed by atoms with Crippen LogP contribution in [0.25, 0.3) is 6.08 Å². The Bertz CT molecular complexity index is 784. The molecule has 2 rings (SSSR count). The van der Waals surface area contributed by atoms with Gasteiger partial charge in [-0.3, -0.25) is 14.7 Å². The zero-order valence-corrected chi connectivity index (χ0v) is 16.6. The number of aliphatic imine (C=N–C) groups is 1. The van der Waals surface area contributed by atoms with Crippen LogP contribution in [0.1, 0.15) is 26.3 Å². The van der Waals surface area contributed by atoms with Crippen LogP contribution in [0.5, 0.6) is 11.5 Å². The Morgan fingerprint density at radius 2 is 2.12 bits per heavy atom. The summed E-state index contributed by atoms with van der Waals surface area (Å²) in [4.78, 5) is 19.2. The SMILES string of the molecule is C#CCOc1c(Cl)cc(/C=C2\SC(=NCC)N(CC)C2=O)cc1OCC. The van der Waals surface area contributed by atoms with Gasteiger partial charge in [0.2, 0.25) is 0 Å². The standard InChI is InChI=1S/C19H21ClN2O3S/c1-5-9-25-17-14(20)10-13(11-15(17)24-8-4)12-16-18(23)22(7-3)19(26-16)21-6-2/h1,10-12H,6-9H2,2-4H3/b16-12-,21-19?. The zero-order chi connectivity index (χ0) is 19.1. The molecule has 0 atom stereocenters. The van der Waals surface area contributed by atoms with Gasteiger partial charge in [-0.15, -0.1) is 6.42 Å². The number of likely N-dealkylation sites (N-methyl/N-ethyl adjacent to an activating group) is 1. The molecule has 1 aromatic rings. The highest BCUT2D eigenvalue weighted by Crippen LogP contribution is 2.39. The predicted octanol–water partition coefficient (Wildman–Crippen LogP) is 4.06. The van der Waals surface area contributed by atoms with E-state index in [0.717, 1.165) is 10.7 Å². The molecule has 1 aliphatic rings. The molecular weight excluding hydrogens is 372 g/mol. The molecule has 1 aromatic carbocycles. The van der Waals surface area contributed by atoms with Gasteiger partial charge < -0.3 is 9.47 Å². The molecule has 5 nitrogen and oxygen atoms in total. The number of halogens is 1. The third kappa shape index (κ3) is 4.54. The highest BCUT2D eigenvalue weighted by atomic mass is 35.5. The topological polar surface area (TPSA) is 51.1 Å².